The summed E-state index contributed by atoms with van der Waals surface area (Å²) in [7, 11) is 0. The number of nitriles is 1. The highest BCUT2D eigenvalue weighted by molar-refractivity contribution is 5.73. The zero-order valence-electron chi connectivity index (χ0n) is 14.8. The van der Waals surface area contributed by atoms with Gasteiger partial charge in [-0.05, 0) is 66.1 Å². The van der Waals surface area contributed by atoms with Crippen molar-refractivity contribution in [2.45, 2.75) is 26.7 Å². The van der Waals surface area contributed by atoms with Crippen molar-refractivity contribution < 1.29 is 9.53 Å². The van der Waals surface area contributed by atoms with Gasteiger partial charge in [0.15, 0.2) is 0 Å². The van der Waals surface area contributed by atoms with Crippen molar-refractivity contribution in [3.63, 3.8) is 0 Å². The summed E-state index contributed by atoms with van der Waals surface area (Å²) in [5, 5.41) is 20.0. The number of pyridine rings is 1. The van der Waals surface area contributed by atoms with Crippen molar-refractivity contribution >= 4 is 5.97 Å². The van der Waals surface area contributed by atoms with Gasteiger partial charge in [0.25, 0.3) is 5.56 Å². The molecule has 0 radical (unpaired) electrons. The first-order valence-electron chi connectivity index (χ1n) is 8.16. The first-order chi connectivity index (χ1) is 13.0. The first kappa shape index (κ1) is 18.0. The van der Waals surface area contributed by atoms with Gasteiger partial charge in [-0.1, -0.05) is 0 Å². The number of nitrogens with zero attached hydrogens (tertiary/aromatic N) is 5. The lowest BCUT2D eigenvalue weighted by Gasteiger charge is -2.10. The molecule has 0 unspecified atom stereocenters. The third-order valence-electron chi connectivity index (χ3n) is 4.18. The summed E-state index contributed by atoms with van der Waals surface area (Å²) in [5.74, 6) is -0.00173. The van der Waals surface area contributed by atoms with E-state index >= 15 is 0 Å². The van der Waals surface area contributed by atoms with Crippen LogP contribution in [0.3, 0.4) is 0 Å². The van der Waals surface area contributed by atoms with E-state index in [9.17, 15) is 9.59 Å². The van der Waals surface area contributed by atoms with Gasteiger partial charge in [-0.15, -0.1) is 5.10 Å². The fourth-order valence-electron chi connectivity index (χ4n) is 2.78. The number of rotatable bonds is 5. The minimum Gasteiger partial charge on any atom is -0.427 e. The normalized spacial score (nSPS) is 10.4. The van der Waals surface area contributed by atoms with Crippen molar-refractivity contribution in [3.8, 4) is 17.5 Å². The minimum absolute atomic E-state index is 0.0714. The van der Waals surface area contributed by atoms with Gasteiger partial charge in [0.05, 0.1) is 12.1 Å². The van der Waals surface area contributed by atoms with Crippen molar-refractivity contribution in [2.75, 3.05) is 0 Å². The summed E-state index contributed by atoms with van der Waals surface area (Å²) in [6.07, 6.45) is 1.95. The van der Waals surface area contributed by atoms with Crippen LogP contribution in [0.5, 0.6) is 5.75 Å². The topological polar surface area (TPSA) is 127 Å². The number of hydrogen-bond donors (Lipinski definition) is 1. The number of esters is 1. The van der Waals surface area contributed by atoms with E-state index in [2.05, 4.69) is 20.5 Å². The summed E-state index contributed by atoms with van der Waals surface area (Å²) in [6, 6.07) is 8.66. The smallest absolute Gasteiger partial charge is 0.311 e. The Bertz CT molecular complexity index is 1060. The molecule has 2 aromatic heterocycles. The van der Waals surface area contributed by atoms with Gasteiger partial charge in [-0.3, -0.25) is 9.59 Å². The summed E-state index contributed by atoms with van der Waals surface area (Å²) in [4.78, 5) is 26.5. The van der Waals surface area contributed by atoms with E-state index in [0.29, 0.717) is 23.4 Å². The molecule has 27 heavy (non-hydrogen) atoms. The average molecular weight is 364 g/mol. The molecule has 9 nitrogen and oxygen atoms in total. The molecule has 1 N–H and O–H groups in total. The standard InChI is InChI=1S/C18H16N6O3/c1-11-15(12(2)21-18(26)16(11)9-19)7-8-17(25)27-14-5-3-13(4-6-14)24-10-20-22-23-24/h3-6,10H,7-8H2,1-2H3,(H,21,26). The second kappa shape index (κ2) is 7.61. The molecule has 0 spiro atoms. The lowest BCUT2D eigenvalue weighted by molar-refractivity contribution is -0.134. The molecule has 0 saturated carbocycles. The lowest BCUT2D eigenvalue weighted by Crippen LogP contribution is -2.18. The van der Waals surface area contributed by atoms with Crippen LogP contribution in [-0.4, -0.2) is 31.2 Å². The number of benzene rings is 1. The molecular weight excluding hydrogens is 348 g/mol. The van der Waals surface area contributed by atoms with Crippen LogP contribution in [0.25, 0.3) is 5.69 Å². The van der Waals surface area contributed by atoms with Gasteiger partial charge < -0.3 is 9.72 Å². The Hall–Kier alpha value is -3.80. The van der Waals surface area contributed by atoms with Crippen LogP contribution in [-0.2, 0) is 11.2 Å². The van der Waals surface area contributed by atoms with Gasteiger partial charge >= 0.3 is 5.97 Å². The number of H-pyrrole nitrogens is 1. The van der Waals surface area contributed by atoms with Gasteiger partial charge in [0, 0.05) is 5.69 Å². The molecule has 0 aliphatic heterocycles. The number of carbonyl (C=O) groups is 1. The van der Waals surface area contributed by atoms with Crippen LogP contribution in [0.15, 0.2) is 35.4 Å². The quantitative estimate of drug-likeness (QED) is 0.535. The maximum Gasteiger partial charge on any atom is 0.311 e. The third-order valence-corrected chi connectivity index (χ3v) is 4.18. The number of aromatic nitrogens is 5. The molecule has 136 valence electrons. The number of aromatic amines is 1. The fraction of sp³-hybridized carbons (Fsp3) is 0.222. The van der Waals surface area contributed by atoms with Gasteiger partial charge in [-0.25, -0.2) is 4.68 Å². The van der Waals surface area contributed by atoms with Crippen LogP contribution in [0.1, 0.15) is 28.8 Å². The van der Waals surface area contributed by atoms with E-state index in [-0.39, 0.29) is 12.0 Å². The molecule has 3 rings (SSSR count). The Morgan fingerprint density at radius 2 is 2.04 bits per heavy atom. The summed E-state index contributed by atoms with van der Waals surface area (Å²) < 4.78 is 6.82. The van der Waals surface area contributed by atoms with E-state index in [1.165, 1.54) is 11.0 Å². The summed E-state index contributed by atoms with van der Waals surface area (Å²) in [6.45, 7) is 3.45. The Morgan fingerprint density at radius 1 is 1.30 bits per heavy atom. The number of aryl methyl sites for hydroxylation is 1. The molecular formula is C18H16N6O3. The monoisotopic (exact) mass is 364 g/mol. The van der Waals surface area contributed by atoms with Gasteiger partial charge in [0.2, 0.25) is 0 Å². The Balaban J connectivity index is 1.65. The second-order valence-electron chi connectivity index (χ2n) is 5.89. The molecule has 1 aromatic carbocycles. The highest BCUT2D eigenvalue weighted by Gasteiger charge is 2.14. The molecule has 0 atom stereocenters. The van der Waals surface area contributed by atoms with Crippen LogP contribution >= 0.6 is 0 Å². The van der Waals surface area contributed by atoms with Crippen molar-refractivity contribution in [1.29, 1.82) is 5.26 Å². The maximum atomic E-state index is 12.1. The summed E-state index contributed by atoms with van der Waals surface area (Å²) in [5.41, 5.74) is 2.41. The molecule has 2 heterocycles. The molecule has 0 aliphatic carbocycles. The number of carbonyl (C=O) groups excluding carboxylic acids is 1. The van der Waals surface area contributed by atoms with Gasteiger partial charge in [-0.2, -0.15) is 5.26 Å². The van der Waals surface area contributed by atoms with E-state index in [4.69, 9.17) is 10.00 Å². The predicted molar refractivity (Wildman–Crippen MR) is 94.4 cm³/mol. The molecule has 3 aromatic rings. The number of nitrogens with one attached hydrogen (secondary N) is 1. The molecule has 0 bridgehead atoms. The Labute approximate surface area is 154 Å². The van der Waals surface area contributed by atoms with Crippen LogP contribution in [0.4, 0.5) is 0 Å². The van der Waals surface area contributed by atoms with E-state index in [1.54, 1.807) is 38.1 Å². The van der Waals surface area contributed by atoms with Gasteiger partial charge in [0.1, 0.15) is 23.7 Å². The third kappa shape index (κ3) is 3.90. The molecule has 0 amide bonds. The number of hydrogen-bond acceptors (Lipinski definition) is 7. The largest absolute Gasteiger partial charge is 0.427 e. The zero-order chi connectivity index (χ0) is 19.4. The van der Waals surface area contributed by atoms with Crippen LogP contribution in [0.2, 0.25) is 0 Å². The van der Waals surface area contributed by atoms with Crippen molar-refractivity contribution in [2.24, 2.45) is 0 Å². The first-order valence-corrected chi connectivity index (χ1v) is 8.16. The Morgan fingerprint density at radius 3 is 2.67 bits per heavy atom. The van der Waals surface area contributed by atoms with Crippen molar-refractivity contribution in [3.05, 3.63) is 63.3 Å². The molecule has 0 fully saturated rings. The minimum atomic E-state index is -0.415. The molecule has 0 saturated heterocycles. The number of tetrazole rings is 1. The lowest BCUT2D eigenvalue weighted by atomic mass is 9.99. The maximum absolute atomic E-state index is 12.1. The highest BCUT2D eigenvalue weighted by atomic mass is 16.5. The number of ether oxygens (including phenoxy) is 1. The van der Waals surface area contributed by atoms with E-state index in [0.717, 1.165) is 11.3 Å². The average Bonchev–Trinajstić information content (AvgIpc) is 3.17. The van der Waals surface area contributed by atoms with Crippen LogP contribution < -0.4 is 10.3 Å². The van der Waals surface area contributed by atoms with Crippen LogP contribution in [0, 0.1) is 25.2 Å². The Kier molecular flexibility index (Phi) is 5.08. The predicted octanol–water partition coefficient (Wildman–Crippen LogP) is 1.38. The molecule has 9 heteroatoms. The zero-order valence-corrected chi connectivity index (χ0v) is 14.8. The summed E-state index contributed by atoms with van der Waals surface area (Å²) >= 11 is 0. The van der Waals surface area contributed by atoms with Crippen molar-refractivity contribution in [1.82, 2.24) is 25.2 Å². The SMILES string of the molecule is Cc1[nH]c(=O)c(C#N)c(C)c1CCC(=O)Oc1ccc(-n2cnnn2)cc1. The van der Waals surface area contributed by atoms with E-state index in [1.807, 2.05) is 6.07 Å². The highest BCUT2D eigenvalue weighted by Crippen LogP contribution is 2.17. The molecule has 0 aliphatic rings. The fourth-order valence-corrected chi connectivity index (χ4v) is 2.78. The van der Waals surface area contributed by atoms with E-state index < -0.39 is 11.5 Å². The second-order valence-corrected chi connectivity index (χ2v) is 5.89.